The van der Waals surface area contributed by atoms with E-state index in [1.165, 1.54) is 0 Å². The molecule has 1 heterocycles. The monoisotopic (exact) mass is 274 g/mol. The van der Waals surface area contributed by atoms with E-state index in [1.54, 1.807) is 0 Å². The predicted molar refractivity (Wildman–Crippen MR) is 70.1 cm³/mol. The van der Waals surface area contributed by atoms with Gasteiger partial charge in [0.1, 0.15) is 5.75 Å². The minimum absolute atomic E-state index is 0.344. The van der Waals surface area contributed by atoms with Crippen LogP contribution in [0.25, 0.3) is 0 Å². The number of hydrogen-bond donors (Lipinski definition) is 0. The lowest BCUT2D eigenvalue weighted by Crippen LogP contribution is -2.11. The Hall–Kier alpha value is -0.440. The number of ether oxygens (including phenoxy) is 2. The zero-order chi connectivity index (χ0) is 12.1. The number of para-hydroxylation sites is 1. The summed E-state index contributed by atoms with van der Waals surface area (Å²) in [5.41, 5.74) is 0.937. The molecule has 0 amide bonds. The molecule has 1 aromatic rings. The van der Waals surface area contributed by atoms with Gasteiger partial charge in [0.25, 0.3) is 0 Å². The molecule has 1 saturated heterocycles. The molecule has 1 aliphatic rings. The molecule has 4 heteroatoms. The van der Waals surface area contributed by atoms with Crippen LogP contribution in [0.1, 0.15) is 24.8 Å². The fourth-order valence-corrected chi connectivity index (χ4v) is 2.44. The summed E-state index contributed by atoms with van der Waals surface area (Å²) in [6.07, 6.45) is 3.54. The summed E-state index contributed by atoms with van der Waals surface area (Å²) in [5.74, 6) is 1.12. The molecule has 1 aliphatic heterocycles. The maximum atomic E-state index is 6.09. The minimum atomic E-state index is 0.344. The Kier molecular flexibility index (Phi) is 4.96. The fraction of sp³-hybridized carbons (Fsp3) is 0.538. The Morgan fingerprint density at radius 3 is 3.00 bits per heavy atom. The van der Waals surface area contributed by atoms with Crippen LogP contribution in [0.4, 0.5) is 0 Å². The van der Waals surface area contributed by atoms with E-state index in [0.29, 0.717) is 29.4 Å². The van der Waals surface area contributed by atoms with Crippen molar-refractivity contribution in [1.29, 1.82) is 0 Å². The van der Waals surface area contributed by atoms with Crippen LogP contribution in [0.2, 0.25) is 5.02 Å². The average molecular weight is 275 g/mol. The molecule has 94 valence electrons. The van der Waals surface area contributed by atoms with Crippen LogP contribution in [0, 0.1) is 0 Å². The topological polar surface area (TPSA) is 18.5 Å². The van der Waals surface area contributed by atoms with E-state index < -0.39 is 0 Å². The first kappa shape index (κ1) is 13.0. The number of hydrogen-bond acceptors (Lipinski definition) is 2. The summed E-state index contributed by atoms with van der Waals surface area (Å²) in [7, 11) is 0. The smallest absolute Gasteiger partial charge is 0.142 e. The van der Waals surface area contributed by atoms with Gasteiger partial charge in [-0.25, -0.2) is 0 Å². The summed E-state index contributed by atoms with van der Waals surface area (Å²) in [4.78, 5) is 0. The van der Waals surface area contributed by atoms with Crippen LogP contribution >= 0.6 is 23.2 Å². The highest BCUT2D eigenvalue weighted by Crippen LogP contribution is 2.30. The molecule has 0 bridgehead atoms. The number of rotatable bonds is 5. The zero-order valence-electron chi connectivity index (χ0n) is 9.62. The van der Waals surface area contributed by atoms with Crippen molar-refractivity contribution in [1.82, 2.24) is 0 Å². The molecular formula is C13H16Cl2O2. The summed E-state index contributed by atoms with van der Waals surface area (Å²) < 4.78 is 11.3. The Morgan fingerprint density at radius 2 is 2.29 bits per heavy atom. The molecule has 2 nitrogen and oxygen atoms in total. The molecule has 0 spiro atoms. The maximum Gasteiger partial charge on any atom is 0.142 e. The first-order valence-corrected chi connectivity index (χ1v) is 6.80. The van der Waals surface area contributed by atoms with Crippen molar-refractivity contribution < 1.29 is 9.47 Å². The second-order valence-electron chi connectivity index (χ2n) is 4.13. The molecule has 1 fully saturated rings. The van der Waals surface area contributed by atoms with Gasteiger partial charge in [-0.2, -0.15) is 0 Å². The van der Waals surface area contributed by atoms with Gasteiger partial charge in [-0.05, 0) is 18.9 Å². The maximum absolute atomic E-state index is 6.09. The van der Waals surface area contributed by atoms with E-state index in [1.807, 2.05) is 18.2 Å². The van der Waals surface area contributed by atoms with Crippen molar-refractivity contribution in [3.05, 3.63) is 28.8 Å². The van der Waals surface area contributed by atoms with Gasteiger partial charge >= 0.3 is 0 Å². The Bertz CT molecular complexity index is 362. The van der Waals surface area contributed by atoms with E-state index in [9.17, 15) is 0 Å². The van der Waals surface area contributed by atoms with Gasteiger partial charge in [0.15, 0.2) is 0 Å². The molecule has 0 radical (unpaired) electrons. The van der Waals surface area contributed by atoms with Crippen LogP contribution in [-0.4, -0.2) is 19.3 Å². The van der Waals surface area contributed by atoms with Gasteiger partial charge in [-0.3, -0.25) is 0 Å². The summed E-state index contributed by atoms with van der Waals surface area (Å²) >= 11 is 11.9. The normalized spacial score (nSPS) is 19.5. The second kappa shape index (κ2) is 6.48. The highest BCUT2D eigenvalue weighted by Gasteiger charge is 2.16. The van der Waals surface area contributed by atoms with Crippen LogP contribution in [0.3, 0.4) is 0 Å². The summed E-state index contributed by atoms with van der Waals surface area (Å²) in [6.45, 7) is 1.50. The lowest BCUT2D eigenvalue weighted by atomic mass is 10.2. The summed E-state index contributed by atoms with van der Waals surface area (Å²) in [6, 6.07) is 5.63. The molecule has 0 N–H and O–H groups in total. The highest BCUT2D eigenvalue weighted by molar-refractivity contribution is 6.32. The fourth-order valence-electron chi connectivity index (χ4n) is 1.98. The first-order chi connectivity index (χ1) is 8.31. The first-order valence-electron chi connectivity index (χ1n) is 5.89. The third kappa shape index (κ3) is 3.51. The van der Waals surface area contributed by atoms with E-state index in [4.69, 9.17) is 32.7 Å². The minimum Gasteiger partial charge on any atom is -0.492 e. The number of alkyl halides is 1. The van der Waals surface area contributed by atoms with E-state index >= 15 is 0 Å². The molecular weight excluding hydrogens is 259 g/mol. The molecule has 0 aliphatic carbocycles. The van der Waals surface area contributed by atoms with Gasteiger partial charge in [-0.1, -0.05) is 23.7 Å². The second-order valence-corrected chi connectivity index (χ2v) is 4.81. The van der Waals surface area contributed by atoms with Gasteiger partial charge in [0.05, 0.1) is 23.6 Å². The average Bonchev–Trinajstić information content (AvgIpc) is 2.84. The molecule has 0 aromatic heterocycles. The largest absolute Gasteiger partial charge is 0.492 e. The zero-order valence-corrected chi connectivity index (χ0v) is 11.1. The van der Waals surface area contributed by atoms with Crippen LogP contribution in [0.15, 0.2) is 18.2 Å². The van der Waals surface area contributed by atoms with E-state index in [0.717, 1.165) is 31.4 Å². The molecule has 1 unspecified atom stereocenters. The van der Waals surface area contributed by atoms with E-state index in [2.05, 4.69) is 0 Å². The van der Waals surface area contributed by atoms with Gasteiger partial charge < -0.3 is 9.47 Å². The molecule has 17 heavy (non-hydrogen) atoms. The van der Waals surface area contributed by atoms with Crippen molar-refractivity contribution in [3.8, 4) is 5.75 Å². The SMILES string of the molecule is ClCc1cccc(Cl)c1OCCC1CCCO1. The number of benzene rings is 1. The Labute approximate surface area is 112 Å². The quantitative estimate of drug-likeness (QED) is 0.755. The summed E-state index contributed by atoms with van der Waals surface area (Å²) in [5, 5.41) is 0.621. The third-order valence-corrected chi connectivity index (χ3v) is 3.49. The third-order valence-electron chi connectivity index (χ3n) is 2.90. The lowest BCUT2D eigenvalue weighted by molar-refractivity contribution is 0.0902. The lowest BCUT2D eigenvalue weighted by Gasteiger charge is -2.13. The van der Waals surface area contributed by atoms with Crippen molar-refractivity contribution in [3.63, 3.8) is 0 Å². The van der Waals surface area contributed by atoms with Crippen molar-refractivity contribution in [2.24, 2.45) is 0 Å². The molecule has 1 aromatic carbocycles. The van der Waals surface area contributed by atoms with Crippen LogP contribution in [0.5, 0.6) is 5.75 Å². The Balaban J connectivity index is 1.89. The molecule has 0 saturated carbocycles. The van der Waals surface area contributed by atoms with Crippen molar-refractivity contribution in [2.45, 2.75) is 31.2 Å². The van der Waals surface area contributed by atoms with Gasteiger partial charge in [0.2, 0.25) is 0 Å². The van der Waals surface area contributed by atoms with E-state index in [-0.39, 0.29) is 0 Å². The molecule has 1 atom stereocenters. The van der Waals surface area contributed by atoms with Crippen LogP contribution in [-0.2, 0) is 10.6 Å². The highest BCUT2D eigenvalue weighted by atomic mass is 35.5. The van der Waals surface area contributed by atoms with Gasteiger partial charge in [-0.15, -0.1) is 11.6 Å². The van der Waals surface area contributed by atoms with Crippen molar-refractivity contribution in [2.75, 3.05) is 13.2 Å². The van der Waals surface area contributed by atoms with Gasteiger partial charge in [0, 0.05) is 18.6 Å². The molecule has 2 rings (SSSR count). The van der Waals surface area contributed by atoms with Crippen LogP contribution < -0.4 is 4.74 Å². The standard InChI is InChI=1S/C13H16Cl2O2/c14-9-10-3-1-5-12(15)13(10)17-8-6-11-4-2-7-16-11/h1,3,5,11H,2,4,6-9H2. The number of halogens is 2. The Morgan fingerprint density at radius 1 is 1.41 bits per heavy atom. The predicted octanol–water partition coefficient (Wildman–Crippen LogP) is 4.03. The van der Waals surface area contributed by atoms with Crippen molar-refractivity contribution >= 4 is 23.2 Å².